The molecule has 0 aliphatic heterocycles. The molecule has 0 saturated heterocycles. The minimum absolute atomic E-state index is 0.596. The SMILES string of the molecule is CC(C)N(CCCCN/C=C(\CCCCCCNO)COc1cccc2ccccc12)C(C)C. The van der Waals surface area contributed by atoms with Crippen molar-refractivity contribution in [2.24, 2.45) is 0 Å². The molecule has 5 nitrogen and oxygen atoms in total. The van der Waals surface area contributed by atoms with Crippen LogP contribution in [0.4, 0.5) is 0 Å². The Hall–Kier alpha value is -2.08. The first-order valence-electron chi connectivity index (χ1n) is 13.2. The highest BCUT2D eigenvalue weighted by Gasteiger charge is 2.12. The number of rotatable bonds is 18. The van der Waals surface area contributed by atoms with Crippen molar-refractivity contribution in [3.05, 3.63) is 54.2 Å². The van der Waals surface area contributed by atoms with Crippen LogP contribution in [0.25, 0.3) is 10.8 Å². The van der Waals surface area contributed by atoms with Crippen molar-refractivity contribution in [2.75, 3.05) is 26.2 Å². The van der Waals surface area contributed by atoms with Gasteiger partial charge in [0.05, 0.1) is 0 Å². The maximum Gasteiger partial charge on any atom is 0.127 e. The van der Waals surface area contributed by atoms with Gasteiger partial charge in [0.1, 0.15) is 12.4 Å². The van der Waals surface area contributed by atoms with Crippen molar-refractivity contribution in [3.8, 4) is 5.75 Å². The average Bonchev–Trinajstić information content (AvgIpc) is 2.83. The maximum absolute atomic E-state index is 8.72. The third-order valence-electron chi connectivity index (χ3n) is 6.32. The summed E-state index contributed by atoms with van der Waals surface area (Å²) in [5.74, 6) is 0.945. The number of benzene rings is 2. The summed E-state index contributed by atoms with van der Waals surface area (Å²) in [5, 5.41) is 14.6. The van der Waals surface area contributed by atoms with Crippen molar-refractivity contribution in [1.82, 2.24) is 15.7 Å². The molecule has 0 aliphatic rings. The van der Waals surface area contributed by atoms with E-state index in [1.165, 1.54) is 17.4 Å². The molecule has 0 amide bonds. The normalized spacial score (nSPS) is 12.3. The van der Waals surface area contributed by atoms with Gasteiger partial charge in [-0.2, -0.15) is 0 Å². The van der Waals surface area contributed by atoms with Gasteiger partial charge in [-0.05, 0) is 89.6 Å². The molecule has 190 valence electrons. The topological polar surface area (TPSA) is 56.8 Å². The minimum atomic E-state index is 0.596. The van der Waals surface area contributed by atoms with Gasteiger partial charge < -0.3 is 15.3 Å². The fourth-order valence-electron chi connectivity index (χ4n) is 4.44. The molecular formula is C29H47N3O2. The van der Waals surface area contributed by atoms with Crippen LogP contribution in [0.2, 0.25) is 0 Å². The highest BCUT2D eigenvalue weighted by Crippen LogP contribution is 2.26. The third kappa shape index (κ3) is 10.5. The summed E-state index contributed by atoms with van der Waals surface area (Å²) in [6.45, 7) is 12.5. The summed E-state index contributed by atoms with van der Waals surface area (Å²) in [5.41, 5.74) is 3.54. The molecule has 2 aromatic rings. The van der Waals surface area contributed by atoms with Gasteiger partial charge in [-0.15, -0.1) is 0 Å². The van der Waals surface area contributed by atoms with Gasteiger partial charge in [-0.1, -0.05) is 49.2 Å². The molecule has 2 rings (SSSR count). The van der Waals surface area contributed by atoms with Crippen molar-refractivity contribution >= 4 is 10.8 Å². The lowest BCUT2D eigenvalue weighted by atomic mass is 10.1. The Labute approximate surface area is 207 Å². The van der Waals surface area contributed by atoms with Crippen molar-refractivity contribution in [3.63, 3.8) is 0 Å². The number of fused-ring (bicyclic) bond motifs is 1. The van der Waals surface area contributed by atoms with Gasteiger partial charge in [0, 0.05) is 30.6 Å². The van der Waals surface area contributed by atoms with E-state index in [0.717, 1.165) is 62.8 Å². The van der Waals surface area contributed by atoms with E-state index < -0.39 is 0 Å². The van der Waals surface area contributed by atoms with E-state index in [-0.39, 0.29) is 0 Å². The van der Waals surface area contributed by atoms with Crippen LogP contribution < -0.4 is 15.5 Å². The van der Waals surface area contributed by atoms with Crippen LogP contribution in [-0.2, 0) is 0 Å². The predicted octanol–water partition coefficient (Wildman–Crippen LogP) is 6.52. The van der Waals surface area contributed by atoms with Crippen LogP contribution in [0, 0.1) is 0 Å². The molecule has 0 fully saturated rings. The molecule has 0 spiro atoms. The van der Waals surface area contributed by atoms with E-state index in [0.29, 0.717) is 25.2 Å². The zero-order valence-corrected chi connectivity index (χ0v) is 21.9. The van der Waals surface area contributed by atoms with Gasteiger partial charge in [-0.3, -0.25) is 4.90 Å². The average molecular weight is 470 g/mol. The van der Waals surface area contributed by atoms with Crippen LogP contribution in [-0.4, -0.2) is 48.4 Å². The van der Waals surface area contributed by atoms with E-state index in [2.05, 4.69) is 92.1 Å². The number of hydroxylamine groups is 1. The minimum Gasteiger partial charge on any atom is -0.489 e. The largest absolute Gasteiger partial charge is 0.489 e. The molecule has 0 unspecified atom stereocenters. The van der Waals surface area contributed by atoms with Gasteiger partial charge >= 0.3 is 0 Å². The van der Waals surface area contributed by atoms with E-state index in [1.807, 2.05) is 0 Å². The third-order valence-corrected chi connectivity index (χ3v) is 6.32. The van der Waals surface area contributed by atoms with Gasteiger partial charge in [0.2, 0.25) is 0 Å². The summed E-state index contributed by atoms with van der Waals surface area (Å²) in [6.07, 6.45) is 10.0. The first-order valence-corrected chi connectivity index (χ1v) is 13.2. The Morgan fingerprint density at radius 1 is 0.882 bits per heavy atom. The quantitative estimate of drug-likeness (QED) is 0.171. The lowest BCUT2D eigenvalue weighted by molar-refractivity contribution is 0.164. The van der Waals surface area contributed by atoms with E-state index >= 15 is 0 Å². The number of hydrogen-bond acceptors (Lipinski definition) is 5. The molecule has 3 N–H and O–H groups in total. The maximum atomic E-state index is 8.72. The Bertz CT molecular complexity index is 822. The van der Waals surface area contributed by atoms with Crippen LogP contribution >= 0.6 is 0 Å². The first-order chi connectivity index (χ1) is 16.5. The van der Waals surface area contributed by atoms with E-state index in [1.54, 1.807) is 0 Å². The summed E-state index contributed by atoms with van der Waals surface area (Å²) in [7, 11) is 0. The second-order valence-electron chi connectivity index (χ2n) is 9.73. The van der Waals surface area contributed by atoms with Gasteiger partial charge in [0.15, 0.2) is 0 Å². The van der Waals surface area contributed by atoms with Crippen LogP contribution in [0.1, 0.15) is 72.6 Å². The summed E-state index contributed by atoms with van der Waals surface area (Å²) < 4.78 is 6.28. The zero-order chi connectivity index (χ0) is 24.6. The monoisotopic (exact) mass is 469 g/mol. The van der Waals surface area contributed by atoms with Crippen LogP contribution in [0.3, 0.4) is 0 Å². The highest BCUT2D eigenvalue weighted by molar-refractivity contribution is 5.88. The molecule has 0 aliphatic carbocycles. The standard InChI is InChI=1S/C29H47N3O2/c1-24(2)32(25(3)4)21-12-11-19-30-22-26(14-7-5-6-10-20-31-33)23-34-29-18-13-16-27-15-8-9-17-28(27)29/h8-9,13,15-18,22,24-25,30-31,33H,5-7,10-12,14,19-21,23H2,1-4H3/b26-22+. The molecule has 5 heteroatoms. The molecular weight excluding hydrogens is 422 g/mol. The molecule has 34 heavy (non-hydrogen) atoms. The Balaban J connectivity index is 1.85. The van der Waals surface area contributed by atoms with Crippen LogP contribution in [0.5, 0.6) is 5.75 Å². The molecule has 0 heterocycles. The number of nitrogens with zero attached hydrogens (tertiary/aromatic N) is 1. The fraction of sp³-hybridized carbons (Fsp3) is 0.586. The summed E-state index contributed by atoms with van der Waals surface area (Å²) in [6, 6.07) is 15.8. The second kappa shape index (κ2) is 16.5. The van der Waals surface area contributed by atoms with Crippen molar-refractivity contribution < 1.29 is 9.94 Å². The lowest BCUT2D eigenvalue weighted by Gasteiger charge is -2.30. The summed E-state index contributed by atoms with van der Waals surface area (Å²) in [4.78, 5) is 2.56. The van der Waals surface area contributed by atoms with Crippen LogP contribution in [0.15, 0.2) is 54.2 Å². The number of unbranched alkanes of at least 4 members (excludes halogenated alkanes) is 4. The zero-order valence-electron chi connectivity index (χ0n) is 21.9. The smallest absolute Gasteiger partial charge is 0.127 e. The fourth-order valence-corrected chi connectivity index (χ4v) is 4.44. The van der Waals surface area contributed by atoms with E-state index in [9.17, 15) is 0 Å². The van der Waals surface area contributed by atoms with Gasteiger partial charge in [0.25, 0.3) is 0 Å². The second-order valence-corrected chi connectivity index (χ2v) is 9.73. The molecule has 0 bridgehead atoms. The number of hydrogen-bond donors (Lipinski definition) is 3. The molecule has 0 atom stereocenters. The molecule has 0 aromatic heterocycles. The number of ether oxygens (including phenoxy) is 1. The lowest BCUT2D eigenvalue weighted by Crippen LogP contribution is -2.37. The molecule has 0 saturated carbocycles. The van der Waals surface area contributed by atoms with E-state index in [4.69, 9.17) is 9.94 Å². The first kappa shape index (κ1) is 28.2. The highest BCUT2D eigenvalue weighted by atomic mass is 16.5. The summed E-state index contributed by atoms with van der Waals surface area (Å²) >= 11 is 0. The van der Waals surface area contributed by atoms with Gasteiger partial charge in [-0.25, -0.2) is 5.48 Å². The predicted molar refractivity (Wildman–Crippen MR) is 145 cm³/mol. The Kier molecular flexibility index (Phi) is 13.7. The molecule has 2 aromatic carbocycles. The molecule has 0 radical (unpaired) electrons. The Morgan fingerprint density at radius 2 is 1.59 bits per heavy atom. The van der Waals surface area contributed by atoms with Crippen molar-refractivity contribution in [2.45, 2.75) is 84.7 Å². The number of nitrogens with one attached hydrogen (secondary N) is 2. The Morgan fingerprint density at radius 3 is 2.35 bits per heavy atom. The van der Waals surface area contributed by atoms with Crippen molar-refractivity contribution in [1.29, 1.82) is 0 Å².